The van der Waals surface area contributed by atoms with Gasteiger partial charge in [-0.25, -0.2) is 0 Å². The van der Waals surface area contributed by atoms with Gasteiger partial charge in [-0.3, -0.25) is 14.4 Å². The number of nitrogens with one attached hydrogen (secondary N) is 2. The van der Waals surface area contributed by atoms with Crippen molar-refractivity contribution in [2.24, 2.45) is 5.92 Å². The van der Waals surface area contributed by atoms with E-state index in [9.17, 15) is 14.4 Å². The van der Waals surface area contributed by atoms with Crippen LogP contribution in [0, 0.1) is 5.92 Å². The van der Waals surface area contributed by atoms with Crippen LogP contribution in [0.4, 0.5) is 5.69 Å². The van der Waals surface area contributed by atoms with Crippen molar-refractivity contribution in [3.05, 3.63) is 29.8 Å². The highest BCUT2D eigenvalue weighted by atomic mass is 16.2. The maximum absolute atomic E-state index is 12.1. The summed E-state index contributed by atoms with van der Waals surface area (Å²) in [6, 6.07) is 6.88. The fourth-order valence-corrected chi connectivity index (χ4v) is 2.15. The first-order chi connectivity index (χ1) is 11.4. The van der Waals surface area contributed by atoms with E-state index in [2.05, 4.69) is 24.5 Å². The Bertz CT molecular complexity index is 624. The second kappa shape index (κ2) is 7.95. The number of rotatable bonds is 6. The molecular weight excluding hydrogens is 306 g/mol. The van der Waals surface area contributed by atoms with Crippen molar-refractivity contribution in [3.8, 4) is 0 Å². The second-order valence-electron chi connectivity index (χ2n) is 6.69. The third-order valence-corrected chi connectivity index (χ3v) is 3.88. The van der Waals surface area contributed by atoms with Crippen LogP contribution in [-0.4, -0.2) is 42.3 Å². The molecule has 1 saturated carbocycles. The first-order valence-electron chi connectivity index (χ1n) is 8.34. The zero-order valence-electron chi connectivity index (χ0n) is 14.5. The molecular formula is C18H25N3O3. The molecule has 0 atom stereocenters. The molecule has 24 heavy (non-hydrogen) atoms. The number of likely N-dealkylation sites (N-methyl/N-ethyl adjacent to an activating group) is 1. The highest BCUT2D eigenvalue weighted by Gasteiger charge is 2.24. The fourth-order valence-electron chi connectivity index (χ4n) is 2.15. The Labute approximate surface area is 142 Å². The molecule has 6 nitrogen and oxygen atoms in total. The number of hydrogen-bond donors (Lipinski definition) is 2. The summed E-state index contributed by atoms with van der Waals surface area (Å²) in [5, 5.41) is 5.46. The Hall–Kier alpha value is -2.37. The van der Waals surface area contributed by atoms with Crippen LogP contribution in [0.25, 0.3) is 0 Å². The minimum Gasteiger partial charge on any atom is -0.349 e. The van der Waals surface area contributed by atoms with Gasteiger partial charge in [0.15, 0.2) is 0 Å². The Morgan fingerprint density at radius 2 is 1.96 bits per heavy atom. The molecule has 0 unspecified atom stereocenters. The lowest BCUT2D eigenvalue weighted by molar-refractivity contribution is -0.142. The van der Waals surface area contributed by atoms with Crippen LogP contribution < -0.4 is 10.6 Å². The third kappa shape index (κ3) is 5.37. The zero-order valence-corrected chi connectivity index (χ0v) is 14.5. The third-order valence-electron chi connectivity index (χ3n) is 3.88. The highest BCUT2D eigenvalue weighted by Crippen LogP contribution is 2.20. The molecule has 2 rings (SSSR count). The quantitative estimate of drug-likeness (QED) is 0.783. The van der Waals surface area contributed by atoms with Gasteiger partial charge < -0.3 is 15.5 Å². The van der Waals surface area contributed by atoms with Gasteiger partial charge in [0, 0.05) is 30.9 Å². The van der Waals surface area contributed by atoms with Crippen molar-refractivity contribution in [1.82, 2.24) is 10.2 Å². The van der Waals surface area contributed by atoms with E-state index in [1.54, 1.807) is 31.3 Å². The number of carbonyl (C=O) groups excluding carboxylic acids is 3. The molecule has 1 fully saturated rings. The topological polar surface area (TPSA) is 78.5 Å². The molecule has 2 N–H and O–H groups in total. The Balaban J connectivity index is 1.93. The van der Waals surface area contributed by atoms with Crippen LogP contribution in [0.15, 0.2) is 24.3 Å². The second-order valence-corrected chi connectivity index (χ2v) is 6.69. The van der Waals surface area contributed by atoms with Crippen LogP contribution in [0.5, 0.6) is 0 Å². The van der Waals surface area contributed by atoms with Crippen molar-refractivity contribution < 1.29 is 14.4 Å². The molecule has 130 valence electrons. The standard InChI is InChI=1S/C18H25N3O3/c1-12(2)9-10-21(3)18(24)17(23)20-15-6-4-5-13(11-15)16(22)19-14-7-8-14/h4-6,11-12,14H,7-10H2,1-3H3,(H,19,22)(H,20,23). The Morgan fingerprint density at radius 3 is 2.58 bits per heavy atom. The molecule has 0 radical (unpaired) electrons. The molecule has 1 aromatic carbocycles. The van der Waals surface area contributed by atoms with E-state index in [1.807, 2.05) is 0 Å². The molecule has 1 aromatic rings. The van der Waals surface area contributed by atoms with E-state index < -0.39 is 11.8 Å². The summed E-state index contributed by atoms with van der Waals surface area (Å²) < 4.78 is 0. The smallest absolute Gasteiger partial charge is 0.313 e. The molecule has 0 bridgehead atoms. The Morgan fingerprint density at radius 1 is 1.25 bits per heavy atom. The number of anilines is 1. The summed E-state index contributed by atoms with van der Waals surface area (Å²) in [5.74, 6) is -0.969. The van der Waals surface area contributed by atoms with Gasteiger partial charge in [-0.2, -0.15) is 0 Å². The van der Waals surface area contributed by atoms with Crippen molar-refractivity contribution >= 4 is 23.4 Å². The average molecular weight is 331 g/mol. The van der Waals surface area contributed by atoms with Crippen molar-refractivity contribution in [2.75, 3.05) is 18.9 Å². The monoisotopic (exact) mass is 331 g/mol. The lowest BCUT2D eigenvalue weighted by Crippen LogP contribution is -2.38. The normalized spacial score (nSPS) is 13.5. The van der Waals surface area contributed by atoms with Gasteiger partial charge in [0.1, 0.15) is 0 Å². The summed E-state index contributed by atoms with van der Waals surface area (Å²) in [7, 11) is 1.61. The maximum Gasteiger partial charge on any atom is 0.313 e. The molecule has 0 aromatic heterocycles. The van der Waals surface area contributed by atoms with Gasteiger partial charge in [-0.05, 0) is 43.4 Å². The first-order valence-corrected chi connectivity index (χ1v) is 8.34. The fraction of sp³-hybridized carbons (Fsp3) is 0.500. The largest absolute Gasteiger partial charge is 0.349 e. The van der Waals surface area contributed by atoms with Crippen LogP contribution in [0.1, 0.15) is 43.5 Å². The first kappa shape index (κ1) is 18.0. The van der Waals surface area contributed by atoms with Gasteiger partial charge in [-0.15, -0.1) is 0 Å². The van der Waals surface area contributed by atoms with Crippen LogP contribution in [-0.2, 0) is 9.59 Å². The van der Waals surface area contributed by atoms with Crippen LogP contribution in [0.3, 0.4) is 0 Å². The number of benzene rings is 1. The van der Waals surface area contributed by atoms with E-state index in [0.717, 1.165) is 19.3 Å². The van der Waals surface area contributed by atoms with Crippen molar-refractivity contribution in [1.29, 1.82) is 0 Å². The molecule has 0 saturated heterocycles. The number of nitrogens with zero attached hydrogens (tertiary/aromatic N) is 1. The Kier molecular flexibility index (Phi) is 5.95. The van der Waals surface area contributed by atoms with E-state index in [4.69, 9.17) is 0 Å². The van der Waals surface area contributed by atoms with E-state index >= 15 is 0 Å². The number of carbonyl (C=O) groups is 3. The van der Waals surface area contributed by atoms with Crippen LogP contribution in [0.2, 0.25) is 0 Å². The summed E-state index contributed by atoms with van der Waals surface area (Å²) in [5.41, 5.74) is 0.911. The van der Waals surface area contributed by atoms with Gasteiger partial charge in [0.05, 0.1) is 0 Å². The van der Waals surface area contributed by atoms with E-state index in [0.29, 0.717) is 23.7 Å². The van der Waals surface area contributed by atoms with Gasteiger partial charge in [-0.1, -0.05) is 19.9 Å². The van der Waals surface area contributed by atoms with Crippen LogP contribution >= 0.6 is 0 Å². The van der Waals surface area contributed by atoms with Crippen molar-refractivity contribution in [3.63, 3.8) is 0 Å². The lowest BCUT2D eigenvalue weighted by Gasteiger charge is -2.17. The number of amides is 3. The summed E-state index contributed by atoms with van der Waals surface area (Å²) in [4.78, 5) is 37.6. The lowest BCUT2D eigenvalue weighted by atomic mass is 10.1. The van der Waals surface area contributed by atoms with Crippen molar-refractivity contribution in [2.45, 2.75) is 39.2 Å². The molecule has 0 heterocycles. The predicted octanol–water partition coefficient (Wildman–Crippen LogP) is 2.02. The average Bonchev–Trinajstić information content (AvgIpc) is 3.35. The predicted molar refractivity (Wildman–Crippen MR) is 92.7 cm³/mol. The molecule has 0 spiro atoms. The molecule has 6 heteroatoms. The van der Waals surface area contributed by atoms with Gasteiger partial charge >= 0.3 is 11.8 Å². The van der Waals surface area contributed by atoms with Gasteiger partial charge in [0.2, 0.25) is 0 Å². The zero-order chi connectivity index (χ0) is 17.7. The summed E-state index contributed by atoms with van der Waals surface area (Å²) in [6.45, 7) is 4.67. The maximum atomic E-state index is 12.1. The highest BCUT2D eigenvalue weighted by molar-refractivity contribution is 6.39. The minimum absolute atomic E-state index is 0.158. The molecule has 1 aliphatic rings. The molecule has 1 aliphatic carbocycles. The minimum atomic E-state index is -0.694. The SMILES string of the molecule is CC(C)CCN(C)C(=O)C(=O)Nc1cccc(C(=O)NC2CC2)c1. The van der Waals surface area contributed by atoms with E-state index in [1.165, 1.54) is 4.90 Å². The molecule has 3 amide bonds. The van der Waals surface area contributed by atoms with Gasteiger partial charge in [0.25, 0.3) is 5.91 Å². The summed E-state index contributed by atoms with van der Waals surface area (Å²) in [6.07, 6.45) is 2.87. The molecule has 0 aliphatic heterocycles. The summed E-state index contributed by atoms with van der Waals surface area (Å²) >= 11 is 0. The number of hydrogen-bond acceptors (Lipinski definition) is 3. The van der Waals surface area contributed by atoms with E-state index in [-0.39, 0.29) is 11.9 Å².